The number of esters is 1. The molecule has 28 heavy (non-hydrogen) atoms. The first-order chi connectivity index (χ1) is 13.2. The van der Waals surface area contributed by atoms with E-state index >= 15 is 0 Å². The van der Waals surface area contributed by atoms with Crippen LogP contribution < -0.4 is 22.5 Å². The lowest BCUT2D eigenvalue weighted by Crippen LogP contribution is -2.25. The van der Waals surface area contributed by atoms with Crippen molar-refractivity contribution in [3.63, 3.8) is 0 Å². The number of carbonyl (C=O) groups excluding carboxylic acids is 1. The Balaban J connectivity index is 0.000000307. The summed E-state index contributed by atoms with van der Waals surface area (Å²) in [4.78, 5) is 11.0. The summed E-state index contributed by atoms with van der Waals surface area (Å²) in [7, 11) is 0. The van der Waals surface area contributed by atoms with Crippen molar-refractivity contribution in [3.8, 4) is 0 Å². The van der Waals surface area contributed by atoms with Crippen LogP contribution in [0.3, 0.4) is 0 Å². The minimum Gasteiger partial charge on any atom is -0.465 e. The van der Waals surface area contributed by atoms with Crippen molar-refractivity contribution in [2.75, 3.05) is 24.6 Å². The number of ether oxygens (including phenoxy) is 1. The highest BCUT2D eigenvalue weighted by Gasteiger charge is 2.12. The summed E-state index contributed by atoms with van der Waals surface area (Å²) in [6.07, 6.45) is 0. The van der Waals surface area contributed by atoms with Gasteiger partial charge in [-0.15, -0.1) is 0 Å². The Kier molecular flexibility index (Phi) is 9.19. The summed E-state index contributed by atoms with van der Waals surface area (Å²) in [5.74, 6) is -4.29. The maximum Gasteiger partial charge on any atom is 0.319 e. The van der Waals surface area contributed by atoms with Gasteiger partial charge in [0.15, 0.2) is 23.3 Å². The van der Waals surface area contributed by atoms with Crippen LogP contribution >= 0.6 is 0 Å². The molecule has 2 aromatic rings. The van der Waals surface area contributed by atoms with Crippen LogP contribution in [0.1, 0.15) is 18.1 Å². The monoisotopic (exact) mass is 402 g/mol. The predicted molar refractivity (Wildman–Crippen MR) is 97.8 cm³/mol. The molecule has 0 heterocycles. The maximum absolute atomic E-state index is 13.3. The zero-order valence-corrected chi connectivity index (χ0v) is 15.2. The van der Waals surface area contributed by atoms with Crippen molar-refractivity contribution in [1.29, 1.82) is 0 Å². The van der Waals surface area contributed by atoms with Crippen LogP contribution in [0.25, 0.3) is 0 Å². The standard InChI is InChI=1S/C11H14F2N2O2.C7H8F2N2/c1-2-17-10(16)6-15-5-7-9(14)4-3-8(12)11(7)13;8-5-1-2-6(11)4(3-10)7(5)9/h3-4,15H,2,5-6,14H2,1H3;1-2H,3,10-11H2. The highest BCUT2D eigenvalue weighted by Crippen LogP contribution is 2.19. The molecule has 0 aliphatic heterocycles. The molecule has 7 N–H and O–H groups in total. The lowest BCUT2D eigenvalue weighted by atomic mass is 10.1. The van der Waals surface area contributed by atoms with E-state index in [1.807, 2.05) is 0 Å². The van der Waals surface area contributed by atoms with Crippen LogP contribution in [0.5, 0.6) is 0 Å². The van der Waals surface area contributed by atoms with Crippen LogP contribution in [0, 0.1) is 23.3 Å². The number of hydrogen-bond acceptors (Lipinski definition) is 6. The maximum atomic E-state index is 13.3. The van der Waals surface area contributed by atoms with Gasteiger partial charge in [0.1, 0.15) is 0 Å². The third-order valence-corrected chi connectivity index (χ3v) is 3.55. The first-order valence-corrected chi connectivity index (χ1v) is 8.23. The van der Waals surface area contributed by atoms with Crippen molar-refractivity contribution < 1.29 is 27.1 Å². The molecule has 10 heteroatoms. The molecule has 0 spiro atoms. The van der Waals surface area contributed by atoms with Crippen LogP contribution in [-0.2, 0) is 22.6 Å². The number of anilines is 2. The molecule has 0 fully saturated rings. The van der Waals surface area contributed by atoms with Gasteiger partial charge in [-0.2, -0.15) is 0 Å². The van der Waals surface area contributed by atoms with Gasteiger partial charge in [0.05, 0.1) is 13.2 Å². The molecular weight excluding hydrogens is 380 g/mol. The van der Waals surface area contributed by atoms with Gasteiger partial charge in [-0.25, -0.2) is 17.6 Å². The average molecular weight is 402 g/mol. The molecule has 154 valence electrons. The lowest BCUT2D eigenvalue weighted by Gasteiger charge is -2.09. The van der Waals surface area contributed by atoms with Crippen molar-refractivity contribution >= 4 is 17.3 Å². The molecule has 0 saturated carbocycles. The molecule has 0 bridgehead atoms. The first kappa shape index (κ1) is 23.2. The Bertz CT molecular complexity index is 819. The topological polar surface area (TPSA) is 116 Å². The van der Waals surface area contributed by atoms with E-state index in [1.54, 1.807) is 6.92 Å². The number of halogens is 4. The van der Waals surface area contributed by atoms with Gasteiger partial charge in [0.25, 0.3) is 0 Å². The fourth-order valence-corrected chi connectivity index (χ4v) is 2.10. The largest absolute Gasteiger partial charge is 0.465 e. The third kappa shape index (κ3) is 6.39. The van der Waals surface area contributed by atoms with E-state index in [0.717, 1.165) is 12.1 Å². The highest BCUT2D eigenvalue weighted by atomic mass is 19.2. The summed E-state index contributed by atoms with van der Waals surface area (Å²) in [5, 5.41) is 2.63. The molecular formula is C18H22F4N4O2. The summed E-state index contributed by atoms with van der Waals surface area (Å²) in [6, 6.07) is 4.50. The molecule has 0 atom stereocenters. The van der Waals surface area contributed by atoms with Crippen molar-refractivity contribution in [3.05, 3.63) is 58.7 Å². The summed E-state index contributed by atoms with van der Waals surface area (Å²) >= 11 is 0. The molecule has 0 aromatic heterocycles. The van der Waals surface area contributed by atoms with E-state index in [1.165, 1.54) is 12.1 Å². The Morgan fingerprint density at radius 1 is 0.964 bits per heavy atom. The van der Waals surface area contributed by atoms with E-state index in [9.17, 15) is 22.4 Å². The van der Waals surface area contributed by atoms with E-state index in [2.05, 4.69) is 10.1 Å². The highest BCUT2D eigenvalue weighted by molar-refractivity contribution is 5.71. The number of carbonyl (C=O) groups is 1. The predicted octanol–water partition coefficient (Wildman–Crippen LogP) is 2.21. The van der Waals surface area contributed by atoms with Gasteiger partial charge in [-0.05, 0) is 31.2 Å². The molecule has 2 rings (SSSR count). The molecule has 0 saturated heterocycles. The van der Waals surface area contributed by atoms with E-state index in [0.29, 0.717) is 0 Å². The zero-order valence-electron chi connectivity index (χ0n) is 15.2. The van der Waals surface area contributed by atoms with Crippen molar-refractivity contribution in [2.45, 2.75) is 20.0 Å². The van der Waals surface area contributed by atoms with Gasteiger partial charge >= 0.3 is 5.97 Å². The number of nitrogen functional groups attached to an aromatic ring is 2. The van der Waals surface area contributed by atoms with Crippen molar-refractivity contribution in [2.24, 2.45) is 5.73 Å². The Labute approximate surface area is 159 Å². The molecule has 2 aromatic carbocycles. The fraction of sp³-hybridized carbons (Fsp3) is 0.278. The quantitative estimate of drug-likeness (QED) is 0.334. The second kappa shape index (κ2) is 11.1. The van der Waals surface area contributed by atoms with Crippen LogP contribution in [-0.4, -0.2) is 19.1 Å². The number of benzene rings is 2. The van der Waals surface area contributed by atoms with Gasteiger partial charge in [0.2, 0.25) is 0 Å². The van der Waals surface area contributed by atoms with Crippen LogP contribution in [0.2, 0.25) is 0 Å². The molecule has 0 aliphatic rings. The smallest absolute Gasteiger partial charge is 0.319 e. The van der Waals surface area contributed by atoms with Gasteiger partial charge in [0, 0.05) is 35.6 Å². The SMILES string of the molecule is CCOC(=O)CNCc1c(N)ccc(F)c1F.NCc1c(N)ccc(F)c1F. The number of rotatable bonds is 6. The van der Waals surface area contributed by atoms with Gasteiger partial charge < -0.3 is 27.3 Å². The van der Waals surface area contributed by atoms with Crippen molar-refractivity contribution in [1.82, 2.24) is 5.32 Å². The van der Waals surface area contributed by atoms with Crippen LogP contribution in [0.4, 0.5) is 28.9 Å². The minimum absolute atomic E-state index is 0.00861. The summed E-state index contributed by atoms with van der Waals surface area (Å²) in [5.41, 5.74) is 16.3. The zero-order chi connectivity index (χ0) is 21.3. The molecule has 6 nitrogen and oxygen atoms in total. The minimum atomic E-state index is -0.999. The van der Waals surface area contributed by atoms with E-state index in [4.69, 9.17) is 17.2 Å². The second-order valence-corrected chi connectivity index (χ2v) is 5.47. The molecule has 0 amide bonds. The summed E-state index contributed by atoms with van der Waals surface area (Å²) < 4.78 is 56.1. The fourth-order valence-electron chi connectivity index (χ4n) is 2.10. The van der Waals surface area contributed by atoms with Gasteiger partial charge in [-0.3, -0.25) is 4.79 Å². The molecule has 0 aliphatic carbocycles. The normalized spacial score (nSPS) is 10.2. The first-order valence-electron chi connectivity index (χ1n) is 8.23. The lowest BCUT2D eigenvalue weighted by molar-refractivity contribution is -0.142. The number of hydrogen-bond donors (Lipinski definition) is 4. The molecule has 0 unspecified atom stereocenters. The Morgan fingerprint density at radius 3 is 1.93 bits per heavy atom. The third-order valence-electron chi connectivity index (χ3n) is 3.55. The van der Waals surface area contributed by atoms with Crippen LogP contribution in [0.15, 0.2) is 24.3 Å². The van der Waals surface area contributed by atoms with E-state index < -0.39 is 29.2 Å². The van der Waals surface area contributed by atoms with E-state index in [-0.39, 0.29) is 48.7 Å². The number of nitrogens with two attached hydrogens (primary N) is 3. The Morgan fingerprint density at radius 2 is 1.46 bits per heavy atom. The molecule has 0 radical (unpaired) electrons. The summed E-state index contributed by atoms with van der Waals surface area (Å²) in [6.45, 7) is 1.76. The van der Waals surface area contributed by atoms with Gasteiger partial charge in [-0.1, -0.05) is 0 Å². The number of nitrogens with one attached hydrogen (secondary N) is 1. The second-order valence-electron chi connectivity index (χ2n) is 5.47. The average Bonchev–Trinajstić information content (AvgIpc) is 2.66. The Hall–Kier alpha value is -2.85.